The average Bonchev–Trinajstić information content (AvgIpc) is 3.01. The molecule has 1 aromatic carbocycles. The Kier molecular flexibility index (Phi) is 7.91. The fraction of sp³-hybridized carbons (Fsp3) is 0.600. The number of rotatable bonds is 5. The van der Waals surface area contributed by atoms with Gasteiger partial charge in [-0.2, -0.15) is 0 Å². The number of nitrogens with one attached hydrogen (secondary N) is 2. The Morgan fingerprint density at radius 3 is 2.67 bits per heavy atom. The van der Waals surface area contributed by atoms with Gasteiger partial charge < -0.3 is 20.4 Å². The molecule has 1 saturated carbocycles. The fourth-order valence-corrected chi connectivity index (χ4v) is 3.96. The lowest BCUT2D eigenvalue weighted by Gasteiger charge is -2.38. The molecule has 0 unspecified atom stereocenters. The van der Waals surface area contributed by atoms with Crippen molar-refractivity contribution >= 4 is 41.5 Å². The van der Waals surface area contributed by atoms with E-state index in [4.69, 9.17) is 0 Å². The summed E-state index contributed by atoms with van der Waals surface area (Å²) in [5, 5.41) is 6.43. The first kappa shape index (κ1) is 21.9. The van der Waals surface area contributed by atoms with Gasteiger partial charge in [0.25, 0.3) is 0 Å². The van der Waals surface area contributed by atoms with Gasteiger partial charge in [-0.05, 0) is 56.5 Å². The molecule has 1 aliphatic heterocycles. The van der Waals surface area contributed by atoms with E-state index in [0.717, 1.165) is 30.3 Å². The minimum absolute atomic E-state index is 0. The number of nitrogens with zero attached hydrogens (tertiary/aromatic N) is 3. The van der Waals surface area contributed by atoms with E-state index in [1.54, 1.807) is 0 Å². The maximum atomic E-state index is 11.9. The predicted molar refractivity (Wildman–Crippen MR) is 122 cm³/mol. The fourth-order valence-electron chi connectivity index (χ4n) is 3.96. The molecule has 7 heteroatoms. The van der Waals surface area contributed by atoms with Gasteiger partial charge in [0.15, 0.2) is 5.96 Å². The summed E-state index contributed by atoms with van der Waals surface area (Å²) >= 11 is 0. The molecule has 1 spiro atoms. The van der Waals surface area contributed by atoms with Crippen LogP contribution in [0.2, 0.25) is 0 Å². The average molecular weight is 485 g/mol. The summed E-state index contributed by atoms with van der Waals surface area (Å²) in [4.78, 5) is 20.6. The van der Waals surface area contributed by atoms with Crippen molar-refractivity contribution in [2.24, 2.45) is 10.4 Å². The number of likely N-dealkylation sites (tertiary alicyclic amines) is 1. The molecular formula is C20H32IN5O. The second-order valence-corrected chi connectivity index (χ2v) is 7.91. The number of likely N-dealkylation sites (N-methyl/N-ethyl adjacent to an activating group) is 1. The minimum atomic E-state index is -0.00113. The number of hydrogen-bond acceptors (Lipinski definition) is 3. The number of guanidine groups is 1. The Morgan fingerprint density at radius 1 is 1.30 bits per heavy atom. The van der Waals surface area contributed by atoms with Gasteiger partial charge in [0.05, 0.1) is 6.54 Å². The summed E-state index contributed by atoms with van der Waals surface area (Å²) < 4.78 is 0. The van der Waals surface area contributed by atoms with Gasteiger partial charge in [0, 0.05) is 32.4 Å². The molecule has 0 aromatic heterocycles. The van der Waals surface area contributed by atoms with Crippen LogP contribution in [0.15, 0.2) is 29.3 Å². The second kappa shape index (κ2) is 9.73. The highest BCUT2D eigenvalue weighted by molar-refractivity contribution is 14.0. The molecule has 2 N–H and O–H groups in total. The number of aliphatic imine (C=N–C) groups is 1. The first-order valence-electron chi connectivity index (χ1n) is 9.49. The number of anilines is 1. The van der Waals surface area contributed by atoms with Gasteiger partial charge >= 0.3 is 0 Å². The normalized spacial score (nSPS) is 18.2. The Bertz CT molecular complexity index is 672. The van der Waals surface area contributed by atoms with Crippen molar-refractivity contribution in [3.8, 4) is 0 Å². The molecule has 0 atom stereocenters. The smallest absolute Gasteiger partial charge is 0.238 e. The van der Waals surface area contributed by atoms with Crippen LogP contribution in [0.1, 0.15) is 31.2 Å². The molecule has 1 aliphatic carbocycles. The van der Waals surface area contributed by atoms with Crippen molar-refractivity contribution in [3.05, 3.63) is 29.8 Å². The Morgan fingerprint density at radius 2 is 2.07 bits per heavy atom. The zero-order chi connectivity index (χ0) is 18.6. The van der Waals surface area contributed by atoms with Crippen molar-refractivity contribution in [3.63, 3.8) is 0 Å². The SMILES string of the molecule is CN=C(NCc1cccc(NC(=O)CN(C)C)c1)N1CCC2(CCC2)C1.I. The van der Waals surface area contributed by atoms with Crippen LogP contribution < -0.4 is 10.6 Å². The van der Waals surface area contributed by atoms with Gasteiger partial charge in [-0.25, -0.2) is 0 Å². The number of benzene rings is 1. The molecule has 2 fully saturated rings. The van der Waals surface area contributed by atoms with Crippen LogP contribution in [0, 0.1) is 5.41 Å². The zero-order valence-corrected chi connectivity index (χ0v) is 19.0. The van der Waals surface area contributed by atoms with E-state index in [1.165, 1.54) is 25.7 Å². The molecule has 3 rings (SSSR count). The molecule has 6 nitrogen and oxygen atoms in total. The first-order valence-corrected chi connectivity index (χ1v) is 9.49. The van der Waals surface area contributed by atoms with Crippen LogP contribution in [0.25, 0.3) is 0 Å². The van der Waals surface area contributed by atoms with Gasteiger partial charge in [-0.1, -0.05) is 18.6 Å². The van der Waals surface area contributed by atoms with E-state index >= 15 is 0 Å². The summed E-state index contributed by atoms with van der Waals surface area (Å²) in [6, 6.07) is 7.99. The topological polar surface area (TPSA) is 60.0 Å². The predicted octanol–water partition coefficient (Wildman–Crippen LogP) is 2.76. The molecule has 0 radical (unpaired) electrons. The minimum Gasteiger partial charge on any atom is -0.352 e. The summed E-state index contributed by atoms with van der Waals surface area (Å²) in [5.41, 5.74) is 2.53. The second-order valence-electron chi connectivity index (χ2n) is 7.91. The number of carbonyl (C=O) groups is 1. The van der Waals surface area contributed by atoms with Gasteiger partial charge in [0.1, 0.15) is 0 Å². The monoisotopic (exact) mass is 485 g/mol. The molecule has 150 valence electrons. The Labute approximate surface area is 179 Å². The van der Waals surface area contributed by atoms with Gasteiger partial charge in [0.2, 0.25) is 5.91 Å². The number of hydrogen-bond donors (Lipinski definition) is 2. The van der Waals surface area contributed by atoms with Crippen molar-refractivity contribution in [2.75, 3.05) is 46.1 Å². The molecule has 2 aliphatic rings. The number of amides is 1. The van der Waals surface area contributed by atoms with Crippen LogP contribution >= 0.6 is 24.0 Å². The Hall–Kier alpha value is -1.35. The molecule has 1 heterocycles. The van der Waals surface area contributed by atoms with Crippen molar-refractivity contribution in [2.45, 2.75) is 32.2 Å². The van der Waals surface area contributed by atoms with Crippen molar-refractivity contribution < 1.29 is 4.79 Å². The lowest BCUT2D eigenvalue weighted by molar-refractivity contribution is -0.116. The van der Waals surface area contributed by atoms with E-state index in [1.807, 2.05) is 44.2 Å². The largest absolute Gasteiger partial charge is 0.352 e. The highest BCUT2D eigenvalue weighted by Gasteiger charge is 2.43. The number of carbonyl (C=O) groups excluding carboxylic acids is 1. The van der Waals surface area contributed by atoms with Crippen LogP contribution in [0.4, 0.5) is 5.69 Å². The highest BCUT2D eigenvalue weighted by Crippen LogP contribution is 2.47. The summed E-state index contributed by atoms with van der Waals surface area (Å²) in [7, 11) is 5.63. The Balaban J connectivity index is 0.00000261. The molecule has 0 bridgehead atoms. The summed E-state index contributed by atoms with van der Waals surface area (Å²) in [6.45, 7) is 3.31. The molecule has 1 amide bonds. The van der Waals surface area contributed by atoms with Gasteiger partial charge in [-0.15, -0.1) is 24.0 Å². The van der Waals surface area contributed by atoms with E-state index in [0.29, 0.717) is 18.5 Å². The number of halogens is 1. The maximum absolute atomic E-state index is 11.9. The molecule has 1 aromatic rings. The molecule has 1 saturated heterocycles. The van der Waals surface area contributed by atoms with Gasteiger partial charge in [-0.3, -0.25) is 9.79 Å². The zero-order valence-electron chi connectivity index (χ0n) is 16.6. The van der Waals surface area contributed by atoms with E-state index in [9.17, 15) is 4.79 Å². The molecule has 27 heavy (non-hydrogen) atoms. The first-order chi connectivity index (χ1) is 12.5. The lowest BCUT2D eigenvalue weighted by Crippen LogP contribution is -2.42. The standard InChI is InChI=1S/C20H31N5O.HI/c1-21-19(25-11-10-20(15-25)8-5-9-20)22-13-16-6-4-7-17(12-16)23-18(26)14-24(2)3;/h4,6-7,12H,5,8-11,13-15H2,1-3H3,(H,21,22)(H,23,26);1H. The third-order valence-corrected chi connectivity index (χ3v) is 5.49. The molecular weight excluding hydrogens is 453 g/mol. The lowest BCUT2D eigenvalue weighted by atomic mass is 9.68. The van der Waals surface area contributed by atoms with E-state index in [2.05, 4.69) is 26.6 Å². The van der Waals surface area contributed by atoms with E-state index < -0.39 is 0 Å². The van der Waals surface area contributed by atoms with Crippen LogP contribution in [-0.2, 0) is 11.3 Å². The highest BCUT2D eigenvalue weighted by atomic mass is 127. The van der Waals surface area contributed by atoms with Crippen LogP contribution in [-0.4, -0.2) is 62.4 Å². The van der Waals surface area contributed by atoms with Crippen molar-refractivity contribution in [1.82, 2.24) is 15.1 Å². The quantitative estimate of drug-likeness (QED) is 0.383. The maximum Gasteiger partial charge on any atom is 0.238 e. The third-order valence-electron chi connectivity index (χ3n) is 5.49. The third kappa shape index (κ3) is 5.81. The van der Waals surface area contributed by atoms with Crippen molar-refractivity contribution in [1.29, 1.82) is 0 Å². The van der Waals surface area contributed by atoms with E-state index in [-0.39, 0.29) is 29.9 Å². The van der Waals surface area contributed by atoms with Crippen LogP contribution in [0.5, 0.6) is 0 Å². The summed E-state index contributed by atoms with van der Waals surface area (Å²) in [5.74, 6) is 0.981. The van der Waals surface area contributed by atoms with Crippen LogP contribution in [0.3, 0.4) is 0 Å². The summed E-state index contributed by atoms with van der Waals surface area (Å²) in [6.07, 6.45) is 5.41.